The minimum atomic E-state index is -0.556. The van der Waals surface area contributed by atoms with E-state index < -0.39 is 5.91 Å². The monoisotopic (exact) mass is 467 g/mol. The van der Waals surface area contributed by atoms with Crippen molar-refractivity contribution in [2.45, 2.75) is 19.9 Å². The summed E-state index contributed by atoms with van der Waals surface area (Å²) < 4.78 is 0. The lowest BCUT2D eigenvalue weighted by molar-refractivity contribution is 0.100. The molecule has 2 heterocycles. The number of amides is 2. The van der Waals surface area contributed by atoms with Gasteiger partial charge in [0.1, 0.15) is 5.00 Å². The van der Waals surface area contributed by atoms with Gasteiger partial charge in [-0.3, -0.25) is 9.59 Å². The molecule has 1 aliphatic heterocycles. The van der Waals surface area contributed by atoms with Gasteiger partial charge in [0.25, 0.3) is 11.8 Å². The number of rotatable bonds is 5. The zero-order valence-corrected chi connectivity index (χ0v) is 19.7. The van der Waals surface area contributed by atoms with Gasteiger partial charge in [-0.15, -0.1) is 11.3 Å². The topological polar surface area (TPSA) is 75.4 Å². The first-order chi connectivity index (χ1) is 16.5. The number of nitrogens with zero attached hydrogens (tertiary/aromatic N) is 1. The van der Waals surface area contributed by atoms with E-state index in [2.05, 4.69) is 34.5 Å². The van der Waals surface area contributed by atoms with Crippen molar-refractivity contribution in [3.63, 3.8) is 0 Å². The molecule has 170 valence electrons. The molecule has 6 heteroatoms. The first kappa shape index (κ1) is 21.9. The highest BCUT2D eigenvalue weighted by molar-refractivity contribution is 7.17. The van der Waals surface area contributed by atoms with Crippen LogP contribution in [0.5, 0.6) is 0 Å². The van der Waals surface area contributed by atoms with Gasteiger partial charge >= 0.3 is 0 Å². The summed E-state index contributed by atoms with van der Waals surface area (Å²) in [6.45, 7) is 3.74. The fraction of sp³-hybridized carbons (Fsp3) is 0.143. The number of hydrogen-bond donors (Lipinski definition) is 2. The maximum atomic E-state index is 13.0. The average molecular weight is 468 g/mol. The summed E-state index contributed by atoms with van der Waals surface area (Å²) in [6.07, 6.45) is 1.01. The van der Waals surface area contributed by atoms with E-state index in [1.165, 1.54) is 22.5 Å². The van der Waals surface area contributed by atoms with E-state index in [0.717, 1.165) is 41.2 Å². The van der Waals surface area contributed by atoms with Crippen LogP contribution in [0, 0.1) is 6.92 Å². The molecule has 3 aromatic carbocycles. The van der Waals surface area contributed by atoms with Crippen molar-refractivity contribution >= 4 is 33.8 Å². The maximum absolute atomic E-state index is 13.0. The van der Waals surface area contributed by atoms with Gasteiger partial charge in [-0.05, 0) is 54.3 Å². The van der Waals surface area contributed by atoms with E-state index >= 15 is 0 Å². The molecule has 5 rings (SSSR count). The molecule has 34 heavy (non-hydrogen) atoms. The Morgan fingerprint density at radius 1 is 0.912 bits per heavy atom. The molecule has 0 spiro atoms. The Kier molecular flexibility index (Phi) is 5.90. The third-order valence-corrected chi connectivity index (χ3v) is 7.27. The molecule has 2 amide bonds. The lowest BCUT2D eigenvalue weighted by atomic mass is 9.99. The molecule has 0 saturated carbocycles. The van der Waals surface area contributed by atoms with Crippen molar-refractivity contribution < 1.29 is 9.59 Å². The molecule has 1 aliphatic rings. The number of aryl methyl sites for hydroxylation is 1. The number of anilines is 2. The Labute approximate surface area is 202 Å². The van der Waals surface area contributed by atoms with Gasteiger partial charge in [-0.1, -0.05) is 54.6 Å². The summed E-state index contributed by atoms with van der Waals surface area (Å²) in [5.74, 6) is -0.821. The highest BCUT2D eigenvalue weighted by atomic mass is 32.1. The lowest BCUT2D eigenvalue weighted by Crippen LogP contribution is -2.30. The van der Waals surface area contributed by atoms with E-state index in [4.69, 9.17) is 5.73 Å². The largest absolute Gasteiger partial charge is 0.367 e. The van der Waals surface area contributed by atoms with Gasteiger partial charge < -0.3 is 16.0 Å². The molecule has 5 nitrogen and oxygen atoms in total. The molecular formula is C28H25N3O2S. The van der Waals surface area contributed by atoms with Gasteiger partial charge in [-0.25, -0.2) is 0 Å². The van der Waals surface area contributed by atoms with Crippen LogP contribution in [0.4, 0.5) is 10.7 Å². The van der Waals surface area contributed by atoms with E-state index in [0.29, 0.717) is 16.1 Å². The van der Waals surface area contributed by atoms with Crippen LogP contribution in [0.15, 0.2) is 78.9 Å². The predicted octanol–water partition coefficient (Wildman–Crippen LogP) is 5.64. The van der Waals surface area contributed by atoms with E-state index in [9.17, 15) is 9.59 Å². The first-order valence-electron chi connectivity index (χ1n) is 11.2. The molecule has 4 aromatic rings. The molecule has 0 bridgehead atoms. The van der Waals surface area contributed by atoms with Crippen molar-refractivity contribution in [2.24, 2.45) is 5.73 Å². The number of carbonyl (C=O) groups is 2. The van der Waals surface area contributed by atoms with Crippen LogP contribution >= 0.6 is 11.3 Å². The van der Waals surface area contributed by atoms with Gasteiger partial charge in [0.05, 0.1) is 5.56 Å². The Balaban J connectivity index is 1.36. The molecule has 0 saturated heterocycles. The van der Waals surface area contributed by atoms with Crippen LogP contribution in [-0.4, -0.2) is 18.4 Å². The zero-order valence-electron chi connectivity index (χ0n) is 18.9. The Morgan fingerprint density at radius 3 is 2.29 bits per heavy atom. The number of thiophene rings is 1. The quantitative estimate of drug-likeness (QED) is 0.399. The second kappa shape index (κ2) is 9.15. The lowest BCUT2D eigenvalue weighted by Gasteiger charge is -2.30. The number of benzene rings is 3. The van der Waals surface area contributed by atoms with Gasteiger partial charge in [0.15, 0.2) is 0 Å². The third kappa shape index (κ3) is 4.20. The average Bonchev–Trinajstić information content (AvgIpc) is 3.20. The number of hydrogen-bond acceptors (Lipinski definition) is 4. The molecule has 0 aliphatic carbocycles. The second-order valence-electron chi connectivity index (χ2n) is 8.41. The summed E-state index contributed by atoms with van der Waals surface area (Å²) >= 11 is 1.37. The molecule has 0 unspecified atom stereocenters. The van der Waals surface area contributed by atoms with Gasteiger partial charge in [0.2, 0.25) is 0 Å². The van der Waals surface area contributed by atoms with Crippen molar-refractivity contribution in [3.05, 3.63) is 106 Å². The zero-order chi connectivity index (χ0) is 23.7. The van der Waals surface area contributed by atoms with Crippen LogP contribution < -0.4 is 16.0 Å². The maximum Gasteiger partial charge on any atom is 0.256 e. The minimum absolute atomic E-state index is 0.265. The van der Waals surface area contributed by atoms with Crippen LogP contribution in [0.2, 0.25) is 0 Å². The summed E-state index contributed by atoms with van der Waals surface area (Å²) in [5, 5.41) is 3.39. The van der Waals surface area contributed by atoms with Crippen molar-refractivity contribution in [2.75, 3.05) is 16.8 Å². The molecular weight excluding hydrogens is 442 g/mol. The Morgan fingerprint density at radius 2 is 1.59 bits per heavy atom. The molecule has 3 N–H and O–H groups in total. The fourth-order valence-corrected chi connectivity index (χ4v) is 5.61. The van der Waals surface area contributed by atoms with Crippen molar-refractivity contribution in [3.8, 4) is 11.1 Å². The Bertz CT molecular complexity index is 1360. The third-order valence-electron chi connectivity index (χ3n) is 6.25. The van der Waals surface area contributed by atoms with Crippen LogP contribution in [-0.2, 0) is 13.0 Å². The van der Waals surface area contributed by atoms with Crippen molar-refractivity contribution in [1.29, 1.82) is 0 Å². The number of fused-ring (bicyclic) bond motifs is 1. The summed E-state index contributed by atoms with van der Waals surface area (Å²) in [7, 11) is 0. The van der Waals surface area contributed by atoms with Gasteiger partial charge in [-0.2, -0.15) is 0 Å². The summed E-state index contributed by atoms with van der Waals surface area (Å²) in [6, 6.07) is 25.8. The predicted molar refractivity (Wildman–Crippen MR) is 139 cm³/mol. The van der Waals surface area contributed by atoms with E-state index in [1.807, 2.05) is 61.5 Å². The SMILES string of the molecule is Cc1sc(NC(=O)c2ccc(N3CCc4ccccc4C3)cc2)c(C(N)=O)c1-c1ccccc1. The highest BCUT2D eigenvalue weighted by Gasteiger charge is 2.23. The molecule has 1 aromatic heterocycles. The van der Waals surface area contributed by atoms with Crippen LogP contribution in [0.3, 0.4) is 0 Å². The molecule has 0 fully saturated rings. The fourth-order valence-electron chi connectivity index (χ4n) is 4.54. The summed E-state index contributed by atoms with van der Waals surface area (Å²) in [5.41, 5.74) is 12.1. The standard InChI is InChI=1S/C28H25N3O2S/c1-18-24(20-8-3-2-4-9-20)25(26(29)32)28(34-18)30-27(33)21-11-13-23(14-12-21)31-16-15-19-7-5-6-10-22(19)17-31/h2-14H,15-17H2,1H3,(H2,29,32)(H,30,33). The van der Waals surface area contributed by atoms with Gasteiger partial charge in [0, 0.05) is 34.8 Å². The smallest absolute Gasteiger partial charge is 0.256 e. The number of primary amides is 1. The van der Waals surface area contributed by atoms with E-state index in [-0.39, 0.29) is 5.91 Å². The second-order valence-corrected chi connectivity index (χ2v) is 9.63. The summed E-state index contributed by atoms with van der Waals surface area (Å²) in [4.78, 5) is 28.6. The molecule has 0 radical (unpaired) electrons. The minimum Gasteiger partial charge on any atom is -0.367 e. The van der Waals surface area contributed by atoms with Crippen LogP contribution in [0.1, 0.15) is 36.7 Å². The van der Waals surface area contributed by atoms with Crippen LogP contribution in [0.25, 0.3) is 11.1 Å². The number of carbonyl (C=O) groups excluding carboxylic acids is 2. The first-order valence-corrected chi connectivity index (χ1v) is 12.0. The van der Waals surface area contributed by atoms with E-state index in [1.54, 1.807) is 0 Å². The normalized spacial score (nSPS) is 12.8. The van der Waals surface area contributed by atoms with Crippen molar-refractivity contribution in [1.82, 2.24) is 0 Å². The highest BCUT2D eigenvalue weighted by Crippen LogP contribution is 2.39. The molecule has 0 atom stereocenters. The number of nitrogens with two attached hydrogens (primary N) is 1. The Hall–Kier alpha value is -3.90. The number of nitrogens with one attached hydrogen (secondary N) is 1.